The second kappa shape index (κ2) is 4.74. The van der Waals surface area contributed by atoms with E-state index in [0.717, 1.165) is 5.56 Å². The van der Waals surface area contributed by atoms with Crippen molar-refractivity contribution in [3.05, 3.63) is 29.6 Å². The van der Waals surface area contributed by atoms with Crippen LogP contribution in [0.3, 0.4) is 0 Å². The fraction of sp³-hybridized carbons (Fsp3) is 0.364. The summed E-state index contributed by atoms with van der Waals surface area (Å²) in [5.41, 5.74) is 0.744. The molecule has 0 radical (unpaired) electrons. The number of hydrogen-bond acceptors (Lipinski definition) is 2. The van der Waals surface area contributed by atoms with Crippen LogP contribution in [0.1, 0.15) is 18.9 Å². The molecule has 1 aromatic rings. The maximum Gasteiger partial charge on any atom is 0.133 e. The van der Waals surface area contributed by atoms with Gasteiger partial charge in [-0.2, -0.15) is 0 Å². The average Bonchev–Trinajstić information content (AvgIpc) is 2.08. The van der Waals surface area contributed by atoms with Gasteiger partial charge in [0.15, 0.2) is 0 Å². The standard InChI is InChI=1S/C11H13FO2/c1-8-7-10(12)3-4-11(8)14-6-5-9(2)13/h3-4,7H,5-6H2,1-2H3. The van der Waals surface area contributed by atoms with Crippen LogP contribution in [0.4, 0.5) is 4.39 Å². The average molecular weight is 196 g/mol. The Balaban J connectivity index is 2.55. The number of rotatable bonds is 4. The summed E-state index contributed by atoms with van der Waals surface area (Å²) in [6.45, 7) is 3.63. The Morgan fingerprint density at radius 3 is 2.79 bits per heavy atom. The molecule has 0 heterocycles. The largest absolute Gasteiger partial charge is 0.493 e. The van der Waals surface area contributed by atoms with Gasteiger partial charge in [0.1, 0.15) is 17.3 Å². The third kappa shape index (κ3) is 3.17. The van der Waals surface area contributed by atoms with Crippen molar-refractivity contribution >= 4 is 5.78 Å². The fourth-order valence-corrected chi connectivity index (χ4v) is 1.08. The van der Waals surface area contributed by atoms with E-state index in [1.807, 2.05) is 0 Å². The summed E-state index contributed by atoms with van der Waals surface area (Å²) in [4.78, 5) is 10.6. The molecule has 2 nitrogen and oxygen atoms in total. The molecule has 1 aromatic carbocycles. The third-order valence-electron chi connectivity index (χ3n) is 1.85. The Hall–Kier alpha value is -1.38. The van der Waals surface area contributed by atoms with Gasteiger partial charge in [0.25, 0.3) is 0 Å². The lowest BCUT2D eigenvalue weighted by Crippen LogP contribution is -2.03. The zero-order chi connectivity index (χ0) is 10.6. The molecule has 0 aliphatic rings. The topological polar surface area (TPSA) is 26.3 Å². The zero-order valence-electron chi connectivity index (χ0n) is 8.34. The molecule has 0 fully saturated rings. The van der Waals surface area contributed by atoms with Crippen molar-refractivity contribution in [2.75, 3.05) is 6.61 Å². The predicted molar refractivity (Wildman–Crippen MR) is 51.9 cm³/mol. The van der Waals surface area contributed by atoms with Gasteiger partial charge in [-0.1, -0.05) is 0 Å². The van der Waals surface area contributed by atoms with Gasteiger partial charge in [-0.3, -0.25) is 4.79 Å². The minimum atomic E-state index is -0.276. The van der Waals surface area contributed by atoms with Crippen molar-refractivity contribution in [2.45, 2.75) is 20.3 Å². The number of aryl methyl sites for hydroxylation is 1. The lowest BCUT2D eigenvalue weighted by Gasteiger charge is -2.07. The molecule has 76 valence electrons. The molecular weight excluding hydrogens is 183 g/mol. The van der Waals surface area contributed by atoms with E-state index < -0.39 is 0 Å². The molecule has 0 aliphatic heterocycles. The van der Waals surface area contributed by atoms with Gasteiger partial charge in [-0.25, -0.2) is 4.39 Å². The van der Waals surface area contributed by atoms with Crippen molar-refractivity contribution in [1.29, 1.82) is 0 Å². The summed E-state index contributed by atoms with van der Waals surface area (Å²) in [6, 6.07) is 4.32. The van der Waals surface area contributed by atoms with E-state index in [2.05, 4.69) is 0 Å². The molecule has 0 unspecified atom stereocenters. The predicted octanol–water partition coefficient (Wildman–Crippen LogP) is 2.49. The zero-order valence-corrected chi connectivity index (χ0v) is 8.34. The molecule has 14 heavy (non-hydrogen) atoms. The molecule has 0 spiro atoms. The van der Waals surface area contributed by atoms with Crippen LogP contribution in [0.2, 0.25) is 0 Å². The van der Waals surface area contributed by atoms with Gasteiger partial charge in [0, 0.05) is 6.42 Å². The Morgan fingerprint density at radius 1 is 1.50 bits per heavy atom. The van der Waals surface area contributed by atoms with Crippen LogP contribution in [0.5, 0.6) is 5.75 Å². The molecule has 0 saturated heterocycles. The molecule has 0 atom stereocenters. The van der Waals surface area contributed by atoms with Crippen LogP contribution in [0.25, 0.3) is 0 Å². The molecule has 0 bridgehead atoms. The number of halogens is 1. The number of ether oxygens (including phenoxy) is 1. The quantitative estimate of drug-likeness (QED) is 0.739. The van der Waals surface area contributed by atoms with Crippen molar-refractivity contribution in [1.82, 2.24) is 0 Å². The highest BCUT2D eigenvalue weighted by Crippen LogP contribution is 2.18. The van der Waals surface area contributed by atoms with Gasteiger partial charge >= 0.3 is 0 Å². The van der Waals surface area contributed by atoms with Crippen molar-refractivity contribution < 1.29 is 13.9 Å². The molecule has 0 saturated carbocycles. The van der Waals surface area contributed by atoms with E-state index in [-0.39, 0.29) is 11.6 Å². The first-order chi connectivity index (χ1) is 6.59. The Bertz CT molecular complexity index is 334. The lowest BCUT2D eigenvalue weighted by molar-refractivity contribution is -0.117. The number of ketones is 1. The van der Waals surface area contributed by atoms with Crippen LogP contribution in [-0.2, 0) is 4.79 Å². The minimum Gasteiger partial charge on any atom is -0.493 e. The fourth-order valence-electron chi connectivity index (χ4n) is 1.08. The van der Waals surface area contributed by atoms with E-state index in [1.54, 1.807) is 13.0 Å². The van der Waals surface area contributed by atoms with Crippen molar-refractivity contribution in [3.8, 4) is 5.75 Å². The number of carbonyl (C=O) groups excluding carboxylic acids is 1. The molecule has 1 rings (SSSR count). The summed E-state index contributed by atoms with van der Waals surface area (Å²) in [5, 5.41) is 0. The SMILES string of the molecule is CC(=O)CCOc1ccc(F)cc1C. The van der Waals surface area contributed by atoms with Gasteiger partial charge in [0.2, 0.25) is 0 Å². The van der Waals surface area contributed by atoms with Gasteiger partial charge in [-0.05, 0) is 37.6 Å². The Morgan fingerprint density at radius 2 is 2.21 bits per heavy atom. The number of Topliss-reactive ketones (excluding diaryl/α,β-unsaturated/α-hetero) is 1. The van der Waals surface area contributed by atoms with E-state index in [9.17, 15) is 9.18 Å². The lowest BCUT2D eigenvalue weighted by atomic mass is 10.2. The number of benzene rings is 1. The van der Waals surface area contributed by atoms with Crippen LogP contribution in [0, 0.1) is 12.7 Å². The third-order valence-corrected chi connectivity index (χ3v) is 1.85. The molecule has 3 heteroatoms. The van der Waals surface area contributed by atoms with Crippen LogP contribution < -0.4 is 4.74 Å². The smallest absolute Gasteiger partial charge is 0.133 e. The highest BCUT2D eigenvalue weighted by atomic mass is 19.1. The van der Waals surface area contributed by atoms with E-state index in [4.69, 9.17) is 4.74 Å². The molecular formula is C11H13FO2. The molecule has 0 aliphatic carbocycles. The Labute approximate surface area is 82.7 Å². The van der Waals surface area contributed by atoms with E-state index in [1.165, 1.54) is 19.1 Å². The van der Waals surface area contributed by atoms with E-state index in [0.29, 0.717) is 18.8 Å². The summed E-state index contributed by atoms with van der Waals surface area (Å²) in [5.74, 6) is 0.443. The van der Waals surface area contributed by atoms with Crippen LogP contribution >= 0.6 is 0 Å². The summed E-state index contributed by atoms with van der Waals surface area (Å²) < 4.78 is 18.0. The normalized spacial score (nSPS) is 9.93. The summed E-state index contributed by atoms with van der Waals surface area (Å²) in [6.07, 6.45) is 0.386. The highest BCUT2D eigenvalue weighted by Gasteiger charge is 2.01. The Kier molecular flexibility index (Phi) is 3.63. The van der Waals surface area contributed by atoms with Gasteiger partial charge in [-0.15, -0.1) is 0 Å². The first-order valence-corrected chi connectivity index (χ1v) is 4.48. The monoisotopic (exact) mass is 196 g/mol. The molecule has 0 amide bonds. The first-order valence-electron chi connectivity index (χ1n) is 4.48. The molecule has 0 N–H and O–H groups in total. The van der Waals surface area contributed by atoms with Crippen molar-refractivity contribution in [2.24, 2.45) is 0 Å². The maximum absolute atomic E-state index is 12.7. The highest BCUT2D eigenvalue weighted by molar-refractivity contribution is 5.75. The van der Waals surface area contributed by atoms with Crippen molar-refractivity contribution in [3.63, 3.8) is 0 Å². The van der Waals surface area contributed by atoms with Crippen LogP contribution in [0.15, 0.2) is 18.2 Å². The van der Waals surface area contributed by atoms with E-state index >= 15 is 0 Å². The second-order valence-corrected chi connectivity index (χ2v) is 3.21. The maximum atomic E-state index is 12.7. The van der Waals surface area contributed by atoms with Gasteiger partial charge in [0.05, 0.1) is 6.61 Å². The summed E-state index contributed by atoms with van der Waals surface area (Å²) in [7, 11) is 0. The second-order valence-electron chi connectivity index (χ2n) is 3.21. The van der Waals surface area contributed by atoms with Crippen LogP contribution in [-0.4, -0.2) is 12.4 Å². The number of carbonyl (C=O) groups is 1. The van der Waals surface area contributed by atoms with Gasteiger partial charge < -0.3 is 4.74 Å². The minimum absolute atomic E-state index is 0.0877. The molecule has 0 aromatic heterocycles. The summed E-state index contributed by atoms with van der Waals surface area (Å²) >= 11 is 0. The first kappa shape index (κ1) is 10.7. The number of hydrogen-bond donors (Lipinski definition) is 0.